The topological polar surface area (TPSA) is 113 Å². The number of rotatable bonds is 9. The number of halogens is 3. The molecule has 3 aromatic heterocycles. The number of alkyl halides is 3. The molecule has 6 aromatic rings. The van der Waals surface area contributed by atoms with E-state index in [0.29, 0.717) is 5.56 Å². The van der Waals surface area contributed by atoms with Crippen molar-refractivity contribution in [2.75, 3.05) is 0 Å². The summed E-state index contributed by atoms with van der Waals surface area (Å²) in [5.41, 5.74) is 7.13. The highest BCUT2D eigenvalue weighted by atomic mass is 19.4. The van der Waals surface area contributed by atoms with E-state index in [1.54, 1.807) is 25.5 Å². The van der Waals surface area contributed by atoms with Gasteiger partial charge in [-0.15, -0.1) is 0 Å². The minimum Gasteiger partial charge on any atom is -0.508 e. The average Bonchev–Trinajstić information content (AvgIpc) is 3.61. The summed E-state index contributed by atoms with van der Waals surface area (Å²) in [7, 11) is 0. The minimum absolute atomic E-state index is 0.0586. The van der Waals surface area contributed by atoms with Gasteiger partial charge in [0, 0.05) is 47.1 Å². The van der Waals surface area contributed by atoms with Crippen molar-refractivity contribution in [3.05, 3.63) is 121 Å². The van der Waals surface area contributed by atoms with E-state index < -0.39 is 24.3 Å². The summed E-state index contributed by atoms with van der Waals surface area (Å²) in [5.74, 6) is -2.34. The SMILES string of the molecule is CC(NCc1ccc(-c2nc3ccnc(-c4cn[nH]c4)c3cc2-c2ccccc2)cc1)C(OC(=O)C(F)(F)F)c1ccc(O)cc1. The Hall–Kier alpha value is -5.55. The van der Waals surface area contributed by atoms with Gasteiger partial charge < -0.3 is 15.2 Å². The molecular weight excluding hydrogens is 595 g/mol. The molecule has 0 bridgehead atoms. The summed E-state index contributed by atoms with van der Waals surface area (Å²) < 4.78 is 44.0. The van der Waals surface area contributed by atoms with E-state index in [2.05, 4.69) is 26.6 Å². The maximum absolute atomic E-state index is 13.0. The molecule has 0 aliphatic heterocycles. The Labute approximate surface area is 261 Å². The van der Waals surface area contributed by atoms with E-state index in [9.17, 15) is 23.1 Å². The monoisotopic (exact) mass is 623 g/mol. The maximum atomic E-state index is 13.0. The Balaban J connectivity index is 1.27. The van der Waals surface area contributed by atoms with Crippen LogP contribution >= 0.6 is 0 Å². The number of benzene rings is 3. The summed E-state index contributed by atoms with van der Waals surface area (Å²) >= 11 is 0. The first kappa shape index (κ1) is 30.5. The average molecular weight is 624 g/mol. The smallest absolute Gasteiger partial charge is 0.490 e. The Kier molecular flexibility index (Phi) is 8.49. The van der Waals surface area contributed by atoms with Crippen LogP contribution in [-0.4, -0.2) is 43.5 Å². The molecule has 2 atom stereocenters. The Morgan fingerprint density at radius 1 is 0.935 bits per heavy atom. The number of fused-ring (bicyclic) bond motifs is 1. The van der Waals surface area contributed by atoms with Crippen LogP contribution in [0.25, 0.3) is 44.5 Å². The molecule has 46 heavy (non-hydrogen) atoms. The van der Waals surface area contributed by atoms with Gasteiger partial charge >= 0.3 is 12.1 Å². The van der Waals surface area contributed by atoms with Gasteiger partial charge in [0.25, 0.3) is 0 Å². The van der Waals surface area contributed by atoms with Crippen molar-refractivity contribution < 1.29 is 27.8 Å². The van der Waals surface area contributed by atoms with Crippen LogP contribution < -0.4 is 5.32 Å². The third kappa shape index (κ3) is 6.59. The fourth-order valence-electron chi connectivity index (χ4n) is 5.24. The molecule has 0 aliphatic carbocycles. The molecule has 3 aromatic carbocycles. The van der Waals surface area contributed by atoms with Crippen LogP contribution in [0.2, 0.25) is 0 Å². The summed E-state index contributed by atoms with van der Waals surface area (Å²) in [6.45, 7) is 1.92. The normalized spacial score (nSPS) is 13.0. The fraction of sp³-hybridized carbons (Fsp3) is 0.143. The van der Waals surface area contributed by atoms with Gasteiger partial charge in [-0.05, 0) is 47.9 Å². The van der Waals surface area contributed by atoms with Gasteiger partial charge in [-0.2, -0.15) is 18.3 Å². The van der Waals surface area contributed by atoms with Crippen LogP contribution in [0.4, 0.5) is 13.2 Å². The number of phenolic OH excluding ortho intramolecular Hbond substituents is 1. The first-order chi connectivity index (χ1) is 22.2. The molecule has 6 rings (SSSR count). The highest BCUT2D eigenvalue weighted by Crippen LogP contribution is 2.36. The van der Waals surface area contributed by atoms with Crippen LogP contribution in [0, 0.1) is 0 Å². The fourth-order valence-corrected chi connectivity index (χ4v) is 5.24. The molecule has 2 unspecified atom stereocenters. The van der Waals surface area contributed by atoms with Crippen molar-refractivity contribution in [2.45, 2.75) is 31.8 Å². The van der Waals surface area contributed by atoms with Crippen LogP contribution in [0.1, 0.15) is 24.2 Å². The number of carbonyl (C=O) groups excluding carboxylic acids is 1. The number of phenols is 1. The Morgan fingerprint density at radius 2 is 1.67 bits per heavy atom. The van der Waals surface area contributed by atoms with Crippen LogP contribution in [0.15, 0.2) is 110 Å². The zero-order chi connectivity index (χ0) is 32.3. The van der Waals surface area contributed by atoms with Crippen molar-refractivity contribution in [1.82, 2.24) is 25.5 Å². The van der Waals surface area contributed by atoms with E-state index in [1.807, 2.05) is 60.7 Å². The number of carbonyl (C=O) groups is 1. The predicted molar refractivity (Wildman–Crippen MR) is 167 cm³/mol. The van der Waals surface area contributed by atoms with Gasteiger partial charge in [0.1, 0.15) is 11.9 Å². The van der Waals surface area contributed by atoms with Gasteiger partial charge in [0.15, 0.2) is 0 Å². The number of aromatic nitrogens is 4. The molecule has 0 saturated carbocycles. The lowest BCUT2D eigenvalue weighted by Crippen LogP contribution is -2.37. The summed E-state index contributed by atoms with van der Waals surface area (Å²) in [6.07, 6.45) is -1.16. The van der Waals surface area contributed by atoms with Crippen LogP contribution in [0.5, 0.6) is 5.75 Å². The molecule has 0 spiro atoms. The predicted octanol–water partition coefficient (Wildman–Crippen LogP) is 7.38. The molecule has 0 amide bonds. The van der Waals surface area contributed by atoms with Crippen LogP contribution in [-0.2, 0) is 16.1 Å². The van der Waals surface area contributed by atoms with E-state index in [4.69, 9.17) is 9.72 Å². The molecule has 0 radical (unpaired) electrons. The number of hydrogen-bond acceptors (Lipinski definition) is 7. The summed E-state index contributed by atoms with van der Waals surface area (Å²) in [4.78, 5) is 21.4. The molecule has 3 N–H and O–H groups in total. The van der Waals surface area contributed by atoms with Gasteiger partial charge in [0.2, 0.25) is 0 Å². The molecule has 0 saturated heterocycles. The maximum Gasteiger partial charge on any atom is 0.490 e. The lowest BCUT2D eigenvalue weighted by Gasteiger charge is -2.26. The third-order valence-corrected chi connectivity index (χ3v) is 7.60. The second kappa shape index (κ2) is 12.8. The zero-order valence-corrected chi connectivity index (χ0v) is 24.5. The highest BCUT2D eigenvalue weighted by molar-refractivity contribution is 5.98. The Morgan fingerprint density at radius 3 is 2.35 bits per heavy atom. The number of H-pyrrole nitrogens is 1. The number of aromatic hydroxyl groups is 1. The van der Waals surface area contributed by atoms with Crippen LogP contribution in [0.3, 0.4) is 0 Å². The molecule has 0 aliphatic rings. The second-order valence-corrected chi connectivity index (χ2v) is 10.7. The largest absolute Gasteiger partial charge is 0.508 e. The summed E-state index contributed by atoms with van der Waals surface area (Å²) in [5, 5.41) is 20.6. The number of nitrogens with zero attached hydrogens (tertiary/aromatic N) is 3. The van der Waals surface area contributed by atoms with Crippen molar-refractivity contribution in [3.63, 3.8) is 0 Å². The first-order valence-corrected chi connectivity index (χ1v) is 14.4. The number of hydrogen-bond donors (Lipinski definition) is 3. The molecule has 11 heteroatoms. The minimum atomic E-state index is -5.14. The molecule has 3 heterocycles. The quantitative estimate of drug-likeness (QED) is 0.144. The highest BCUT2D eigenvalue weighted by Gasteiger charge is 2.43. The summed E-state index contributed by atoms with van der Waals surface area (Å²) in [6, 6.07) is 26.4. The van der Waals surface area contributed by atoms with Crippen molar-refractivity contribution >= 4 is 16.9 Å². The van der Waals surface area contributed by atoms with Crippen molar-refractivity contribution in [1.29, 1.82) is 0 Å². The number of pyridine rings is 2. The lowest BCUT2D eigenvalue weighted by atomic mass is 9.96. The van der Waals surface area contributed by atoms with Gasteiger partial charge in [-0.1, -0.05) is 66.7 Å². The lowest BCUT2D eigenvalue weighted by molar-refractivity contribution is -0.206. The Bertz CT molecular complexity index is 1950. The van der Waals surface area contributed by atoms with E-state index in [-0.39, 0.29) is 12.3 Å². The number of aromatic amines is 1. The number of nitrogens with one attached hydrogen (secondary N) is 2. The van der Waals surface area contributed by atoms with Gasteiger partial charge in [0.05, 0.1) is 23.1 Å². The zero-order valence-electron chi connectivity index (χ0n) is 24.5. The number of esters is 1. The van der Waals surface area contributed by atoms with E-state index >= 15 is 0 Å². The first-order valence-electron chi connectivity index (χ1n) is 14.4. The van der Waals surface area contributed by atoms with Gasteiger partial charge in [-0.25, -0.2) is 9.78 Å². The standard InChI is InChI=1S/C35H28F3N5O3/c1-21(33(46-34(45)35(36,37)38)25-11-13-27(44)14-12-25)40-18-22-7-9-24(10-8-22)32-28(23-5-3-2-4-6-23)17-29-30(43-32)15-16-39-31(29)26-19-41-42-20-26/h2-17,19-21,33,40,44H,18H2,1H3,(H,41,42). The van der Waals surface area contributed by atoms with Crippen molar-refractivity contribution in [2.24, 2.45) is 0 Å². The number of ether oxygens (including phenoxy) is 1. The van der Waals surface area contributed by atoms with E-state index in [1.165, 1.54) is 24.3 Å². The molecule has 232 valence electrons. The van der Waals surface area contributed by atoms with Gasteiger partial charge in [-0.3, -0.25) is 10.1 Å². The van der Waals surface area contributed by atoms with Crippen molar-refractivity contribution in [3.8, 4) is 39.4 Å². The van der Waals surface area contributed by atoms with E-state index in [0.717, 1.165) is 50.1 Å². The molecule has 0 fully saturated rings. The third-order valence-electron chi connectivity index (χ3n) is 7.60. The second-order valence-electron chi connectivity index (χ2n) is 10.7. The molecular formula is C35H28F3N5O3. The molecule has 8 nitrogen and oxygen atoms in total.